The minimum Gasteiger partial charge on any atom is -0.351 e. The summed E-state index contributed by atoms with van der Waals surface area (Å²) in [5.41, 5.74) is 0.992. The van der Waals surface area contributed by atoms with E-state index in [0.29, 0.717) is 23.9 Å². The Morgan fingerprint density at radius 2 is 2.06 bits per heavy atom. The number of amides is 1. The zero-order valence-electron chi connectivity index (χ0n) is 18.1. The fourth-order valence-corrected chi connectivity index (χ4v) is 6.30. The number of hydrogen-bond acceptors (Lipinski definition) is 8. The number of aromatic amines is 1. The fourth-order valence-electron chi connectivity index (χ4n) is 5.53. The van der Waals surface area contributed by atoms with Crippen LogP contribution in [0.5, 0.6) is 0 Å². The van der Waals surface area contributed by atoms with Crippen LogP contribution in [0.25, 0.3) is 10.2 Å². The van der Waals surface area contributed by atoms with E-state index in [-0.39, 0.29) is 12.1 Å². The van der Waals surface area contributed by atoms with Gasteiger partial charge in [0.15, 0.2) is 5.82 Å². The molecule has 3 aliphatic heterocycles. The molecule has 32 heavy (non-hydrogen) atoms. The first kappa shape index (κ1) is 19.9. The summed E-state index contributed by atoms with van der Waals surface area (Å²) in [5.74, 6) is 2.44. The smallest absolute Gasteiger partial charge is 0.240 e. The van der Waals surface area contributed by atoms with E-state index < -0.39 is 0 Å². The van der Waals surface area contributed by atoms with Gasteiger partial charge >= 0.3 is 0 Å². The predicted octanol–water partition coefficient (Wildman–Crippen LogP) is 3.15. The van der Waals surface area contributed by atoms with Crippen molar-refractivity contribution in [3.05, 3.63) is 23.2 Å². The van der Waals surface area contributed by atoms with Gasteiger partial charge in [0.05, 0.1) is 11.4 Å². The first-order valence-corrected chi connectivity index (χ1v) is 12.4. The summed E-state index contributed by atoms with van der Waals surface area (Å²) in [7, 11) is 0. The number of H-pyrrole nitrogens is 1. The second-order valence-corrected chi connectivity index (χ2v) is 10.1. The Bertz CT molecular complexity index is 1120. The normalized spacial score (nSPS) is 27.2. The van der Waals surface area contributed by atoms with E-state index in [9.17, 15) is 4.79 Å². The number of nitrogens with zero attached hydrogens (tertiary/aromatic N) is 4. The minimum absolute atomic E-state index is 0.0199. The number of carbonyl (C=O) groups is 1. The zero-order chi connectivity index (χ0) is 21.7. The molecule has 3 aliphatic rings. The van der Waals surface area contributed by atoms with Crippen LogP contribution in [-0.2, 0) is 4.79 Å². The van der Waals surface area contributed by atoms with Gasteiger partial charge in [-0.3, -0.25) is 9.89 Å². The van der Waals surface area contributed by atoms with E-state index in [4.69, 9.17) is 9.97 Å². The second kappa shape index (κ2) is 8.00. The molecule has 0 aromatic carbocycles. The Kier molecular flexibility index (Phi) is 4.98. The molecule has 3 aromatic rings. The molecule has 168 valence electrons. The summed E-state index contributed by atoms with van der Waals surface area (Å²) < 4.78 is 0. The van der Waals surface area contributed by atoms with Gasteiger partial charge in [-0.05, 0) is 63.4 Å². The predicted molar refractivity (Wildman–Crippen MR) is 125 cm³/mol. The van der Waals surface area contributed by atoms with Crippen LogP contribution >= 0.6 is 11.3 Å². The van der Waals surface area contributed by atoms with Crippen molar-refractivity contribution < 1.29 is 4.79 Å². The van der Waals surface area contributed by atoms with E-state index in [0.717, 1.165) is 72.6 Å². The van der Waals surface area contributed by atoms with Crippen molar-refractivity contribution in [1.29, 1.82) is 0 Å². The molecule has 0 aliphatic carbocycles. The number of aromatic nitrogens is 4. The lowest BCUT2D eigenvalue weighted by molar-refractivity contribution is -0.137. The van der Waals surface area contributed by atoms with Crippen LogP contribution in [0.4, 0.5) is 17.6 Å². The molecule has 0 radical (unpaired) electrons. The number of nitrogens with one attached hydrogen (secondary N) is 4. The average Bonchev–Trinajstić information content (AvgIpc) is 3.56. The van der Waals surface area contributed by atoms with Crippen LogP contribution in [0.1, 0.15) is 44.2 Å². The summed E-state index contributed by atoms with van der Waals surface area (Å²) in [6.07, 6.45) is 6.15. The van der Waals surface area contributed by atoms with E-state index in [1.807, 2.05) is 24.4 Å². The molecule has 1 amide bonds. The maximum atomic E-state index is 13.1. The quantitative estimate of drug-likeness (QED) is 0.471. The summed E-state index contributed by atoms with van der Waals surface area (Å²) in [6.45, 7) is 2.93. The van der Waals surface area contributed by atoms with E-state index in [1.54, 1.807) is 11.3 Å². The van der Waals surface area contributed by atoms with Gasteiger partial charge in [0.1, 0.15) is 10.6 Å². The second-order valence-electron chi connectivity index (χ2n) is 9.19. The number of aryl methyl sites for hydroxylation is 1. The molecule has 4 atom stereocenters. The average molecular weight is 453 g/mol. The Morgan fingerprint density at radius 3 is 2.78 bits per heavy atom. The lowest BCUT2D eigenvalue weighted by Crippen LogP contribution is -2.54. The Hall–Kier alpha value is -2.72. The Morgan fingerprint density at radius 1 is 1.22 bits per heavy atom. The number of hydrogen-bond donors (Lipinski definition) is 4. The highest BCUT2D eigenvalue weighted by atomic mass is 32.1. The van der Waals surface area contributed by atoms with Crippen molar-refractivity contribution in [3.63, 3.8) is 0 Å². The molecular formula is C22H28N8OS. The third-order valence-corrected chi connectivity index (χ3v) is 7.76. The molecule has 10 heteroatoms. The molecule has 6 heterocycles. The number of thiophene rings is 1. The van der Waals surface area contributed by atoms with Gasteiger partial charge in [-0.15, -0.1) is 11.3 Å². The SMILES string of the molecule is Cc1cc(Nc2nc(NC3C[C@H]4CC[C@@H](C3)N4C(=O)[C@@H]3CCCN3)nc3sccc23)n[nH]1. The number of carbonyl (C=O) groups excluding carboxylic acids is 1. The molecule has 9 nitrogen and oxygen atoms in total. The summed E-state index contributed by atoms with van der Waals surface area (Å²) in [5, 5.41) is 20.5. The van der Waals surface area contributed by atoms with Gasteiger partial charge in [-0.2, -0.15) is 10.1 Å². The van der Waals surface area contributed by atoms with Crippen LogP contribution in [0.2, 0.25) is 0 Å². The molecule has 2 bridgehead atoms. The minimum atomic E-state index is 0.0199. The largest absolute Gasteiger partial charge is 0.351 e. The molecule has 1 unspecified atom stereocenters. The molecular weight excluding hydrogens is 424 g/mol. The van der Waals surface area contributed by atoms with Crippen molar-refractivity contribution in [1.82, 2.24) is 30.4 Å². The fraction of sp³-hybridized carbons (Fsp3) is 0.545. The van der Waals surface area contributed by atoms with E-state index >= 15 is 0 Å². The Balaban J connectivity index is 1.19. The van der Waals surface area contributed by atoms with Crippen molar-refractivity contribution in [3.8, 4) is 0 Å². The van der Waals surface area contributed by atoms with Gasteiger partial charge in [0.2, 0.25) is 11.9 Å². The molecule has 6 rings (SSSR count). The molecule has 3 fully saturated rings. The third kappa shape index (κ3) is 3.61. The highest BCUT2D eigenvalue weighted by molar-refractivity contribution is 7.16. The number of anilines is 3. The summed E-state index contributed by atoms with van der Waals surface area (Å²) >= 11 is 1.61. The molecule has 3 aromatic heterocycles. The molecule has 3 saturated heterocycles. The van der Waals surface area contributed by atoms with Crippen molar-refractivity contribution in [2.75, 3.05) is 17.2 Å². The monoisotopic (exact) mass is 452 g/mol. The maximum Gasteiger partial charge on any atom is 0.240 e. The third-order valence-electron chi connectivity index (χ3n) is 6.96. The number of piperidine rings is 1. The van der Waals surface area contributed by atoms with Gasteiger partial charge in [0, 0.05) is 29.9 Å². The van der Waals surface area contributed by atoms with Gasteiger partial charge < -0.3 is 20.9 Å². The van der Waals surface area contributed by atoms with Gasteiger partial charge in [-0.1, -0.05) is 0 Å². The number of fused-ring (bicyclic) bond motifs is 3. The first-order valence-electron chi connectivity index (χ1n) is 11.5. The topological polar surface area (TPSA) is 111 Å². The highest BCUT2D eigenvalue weighted by Gasteiger charge is 2.45. The van der Waals surface area contributed by atoms with Crippen LogP contribution in [-0.4, -0.2) is 61.7 Å². The molecule has 0 saturated carbocycles. The standard InChI is InChI=1S/C22H28N8OS/c1-12-9-18(29-28-12)25-19-16-6-8-32-20(16)27-22(26-19)24-13-10-14-4-5-15(11-13)30(14)21(31)17-3-2-7-23-17/h6,8-9,13-15,17,23H,2-5,7,10-11H2,1H3,(H3,24,25,26,27,28,29)/t13?,14-,15+,17-/m0/s1. The van der Waals surface area contributed by atoms with Crippen LogP contribution in [0.15, 0.2) is 17.5 Å². The van der Waals surface area contributed by atoms with Crippen molar-refractivity contribution in [2.45, 2.75) is 69.6 Å². The molecule has 4 N–H and O–H groups in total. The zero-order valence-corrected chi connectivity index (χ0v) is 18.9. The number of rotatable bonds is 5. The van der Waals surface area contributed by atoms with Crippen LogP contribution in [0.3, 0.4) is 0 Å². The van der Waals surface area contributed by atoms with Crippen molar-refractivity contribution >= 4 is 45.0 Å². The lowest BCUT2D eigenvalue weighted by Gasteiger charge is -2.40. The summed E-state index contributed by atoms with van der Waals surface area (Å²) in [6, 6.07) is 4.91. The van der Waals surface area contributed by atoms with E-state index in [2.05, 4.69) is 31.0 Å². The van der Waals surface area contributed by atoms with Crippen molar-refractivity contribution in [2.24, 2.45) is 0 Å². The van der Waals surface area contributed by atoms with Gasteiger partial charge in [-0.25, -0.2) is 4.98 Å². The van der Waals surface area contributed by atoms with Crippen LogP contribution in [0, 0.1) is 6.92 Å². The lowest BCUT2D eigenvalue weighted by atomic mass is 9.96. The highest BCUT2D eigenvalue weighted by Crippen LogP contribution is 2.38. The van der Waals surface area contributed by atoms with E-state index in [1.165, 1.54) is 0 Å². The maximum absolute atomic E-state index is 13.1. The summed E-state index contributed by atoms with van der Waals surface area (Å²) in [4.78, 5) is 25.8. The van der Waals surface area contributed by atoms with Crippen LogP contribution < -0.4 is 16.0 Å². The Labute approximate surface area is 190 Å². The van der Waals surface area contributed by atoms with Gasteiger partial charge in [0.25, 0.3) is 0 Å². The first-order chi connectivity index (χ1) is 15.6. The molecule has 0 spiro atoms.